The first-order chi connectivity index (χ1) is 12.2. The Labute approximate surface area is 174 Å². The number of aliphatic imine (C=N–C) groups is 1. The Balaban J connectivity index is 0.00000243. The smallest absolute Gasteiger partial charge is 0.194 e. The molecule has 0 bridgehead atoms. The van der Waals surface area contributed by atoms with Gasteiger partial charge in [-0.15, -0.1) is 24.0 Å². The van der Waals surface area contributed by atoms with Crippen LogP contribution in [0.4, 0.5) is 0 Å². The lowest BCUT2D eigenvalue weighted by Gasteiger charge is -2.25. The van der Waals surface area contributed by atoms with Crippen molar-refractivity contribution in [3.63, 3.8) is 0 Å². The predicted octanol–water partition coefficient (Wildman–Crippen LogP) is 2.78. The van der Waals surface area contributed by atoms with Gasteiger partial charge in [0.2, 0.25) is 0 Å². The van der Waals surface area contributed by atoms with Crippen LogP contribution in [0, 0.1) is 6.92 Å². The molecule has 0 spiro atoms. The maximum Gasteiger partial charge on any atom is 0.194 e. The van der Waals surface area contributed by atoms with Crippen molar-refractivity contribution in [2.45, 2.75) is 45.3 Å². The van der Waals surface area contributed by atoms with Gasteiger partial charge in [0.05, 0.1) is 12.6 Å². The van der Waals surface area contributed by atoms with E-state index in [1.165, 1.54) is 37.9 Å². The molecule has 2 saturated heterocycles. The number of aliphatic hydroxyl groups excluding tert-OH is 1. The molecule has 2 aliphatic heterocycles. The first kappa shape index (κ1) is 21.4. The van der Waals surface area contributed by atoms with E-state index in [4.69, 9.17) is 4.99 Å². The molecular formula is C20H33IN4O. The molecule has 0 amide bonds. The Hall–Kier alpha value is -0.860. The van der Waals surface area contributed by atoms with E-state index in [1.807, 2.05) is 24.3 Å². The van der Waals surface area contributed by atoms with Crippen LogP contribution >= 0.6 is 24.0 Å². The Kier molecular flexibility index (Phi) is 8.63. The van der Waals surface area contributed by atoms with E-state index in [-0.39, 0.29) is 24.0 Å². The van der Waals surface area contributed by atoms with Gasteiger partial charge in [0.25, 0.3) is 0 Å². The topological polar surface area (TPSA) is 51.1 Å². The lowest BCUT2D eigenvalue weighted by Crippen LogP contribution is -2.43. The van der Waals surface area contributed by atoms with Crippen molar-refractivity contribution < 1.29 is 5.11 Å². The molecule has 2 N–H and O–H groups in total. The number of guanidine groups is 1. The largest absolute Gasteiger partial charge is 0.386 e. The number of benzene rings is 1. The minimum atomic E-state index is -0.550. The summed E-state index contributed by atoms with van der Waals surface area (Å²) in [6.45, 7) is 10.00. The van der Waals surface area contributed by atoms with Crippen molar-refractivity contribution in [3.05, 3.63) is 35.4 Å². The van der Waals surface area contributed by atoms with E-state index in [9.17, 15) is 5.11 Å². The van der Waals surface area contributed by atoms with E-state index >= 15 is 0 Å². The summed E-state index contributed by atoms with van der Waals surface area (Å²) in [4.78, 5) is 9.70. The molecule has 1 aromatic rings. The Morgan fingerprint density at radius 3 is 2.58 bits per heavy atom. The van der Waals surface area contributed by atoms with Gasteiger partial charge in [0.1, 0.15) is 0 Å². The number of halogens is 1. The van der Waals surface area contributed by atoms with Gasteiger partial charge in [-0.3, -0.25) is 9.89 Å². The highest BCUT2D eigenvalue weighted by atomic mass is 127. The molecule has 146 valence electrons. The van der Waals surface area contributed by atoms with Crippen molar-refractivity contribution in [3.8, 4) is 0 Å². The maximum atomic E-state index is 10.4. The van der Waals surface area contributed by atoms with Crippen LogP contribution in [0.5, 0.6) is 0 Å². The average Bonchev–Trinajstić information content (AvgIpc) is 3.30. The first-order valence-electron chi connectivity index (χ1n) is 9.69. The molecule has 2 unspecified atom stereocenters. The van der Waals surface area contributed by atoms with Gasteiger partial charge in [-0.25, -0.2) is 0 Å². The van der Waals surface area contributed by atoms with Crippen molar-refractivity contribution in [1.29, 1.82) is 0 Å². The van der Waals surface area contributed by atoms with Crippen molar-refractivity contribution in [2.75, 3.05) is 39.3 Å². The number of likely N-dealkylation sites (tertiary alicyclic amines) is 2. The summed E-state index contributed by atoms with van der Waals surface area (Å²) in [5.74, 6) is 0.940. The van der Waals surface area contributed by atoms with E-state index in [2.05, 4.69) is 29.0 Å². The van der Waals surface area contributed by atoms with E-state index in [0.29, 0.717) is 12.6 Å². The molecule has 26 heavy (non-hydrogen) atoms. The van der Waals surface area contributed by atoms with Gasteiger partial charge in [-0.1, -0.05) is 29.8 Å². The summed E-state index contributed by atoms with van der Waals surface area (Å²) in [6, 6.07) is 8.71. The van der Waals surface area contributed by atoms with Crippen LogP contribution in [0.25, 0.3) is 0 Å². The van der Waals surface area contributed by atoms with Crippen LogP contribution in [0.3, 0.4) is 0 Å². The number of nitrogens with zero attached hydrogens (tertiary/aromatic N) is 3. The Morgan fingerprint density at radius 1 is 1.23 bits per heavy atom. The molecule has 0 radical (unpaired) electrons. The normalized spacial score (nSPS) is 22.3. The van der Waals surface area contributed by atoms with E-state index < -0.39 is 6.10 Å². The van der Waals surface area contributed by atoms with Crippen molar-refractivity contribution in [2.24, 2.45) is 4.99 Å². The van der Waals surface area contributed by atoms with Gasteiger partial charge >= 0.3 is 0 Å². The highest BCUT2D eigenvalue weighted by Gasteiger charge is 2.30. The molecule has 5 nitrogen and oxygen atoms in total. The van der Waals surface area contributed by atoms with E-state index in [0.717, 1.165) is 31.2 Å². The zero-order chi connectivity index (χ0) is 17.6. The predicted molar refractivity (Wildman–Crippen MR) is 118 cm³/mol. The molecule has 2 heterocycles. The lowest BCUT2D eigenvalue weighted by molar-refractivity contribution is 0.186. The van der Waals surface area contributed by atoms with Gasteiger partial charge in [0, 0.05) is 25.7 Å². The fraction of sp³-hybridized carbons (Fsp3) is 0.650. The number of nitrogens with one attached hydrogen (secondary N) is 1. The monoisotopic (exact) mass is 472 g/mol. The van der Waals surface area contributed by atoms with Gasteiger partial charge < -0.3 is 15.3 Å². The molecule has 0 saturated carbocycles. The molecule has 2 atom stereocenters. The minimum absolute atomic E-state index is 0. The molecular weight excluding hydrogens is 439 g/mol. The highest BCUT2D eigenvalue weighted by Crippen LogP contribution is 2.21. The van der Waals surface area contributed by atoms with Crippen LogP contribution in [0.1, 0.15) is 43.4 Å². The summed E-state index contributed by atoms with van der Waals surface area (Å²) in [5.41, 5.74) is 2.14. The van der Waals surface area contributed by atoms with Gasteiger partial charge in [-0.2, -0.15) is 0 Å². The van der Waals surface area contributed by atoms with Crippen LogP contribution in [-0.4, -0.2) is 66.2 Å². The Bertz CT molecular complexity index is 572. The third-order valence-electron chi connectivity index (χ3n) is 5.33. The third kappa shape index (κ3) is 5.57. The zero-order valence-electron chi connectivity index (χ0n) is 16.0. The number of hydrogen-bond acceptors (Lipinski definition) is 3. The zero-order valence-corrected chi connectivity index (χ0v) is 18.4. The van der Waals surface area contributed by atoms with E-state index in [1.54, 1.807) is 0 Å². The molecule has 6 heteroatoms. The third-order valence-corrected chi connectivity index (χ3v) is 5.33. The number of rotatable bonds is 5. The molecule has 0 aliphatic carbocycles. The second-order valence-corrected chi connectivity index (χ2v) is 7.25. The summed E-state index contributed by atoms with van der Waals surface area (Å²) < 4.78 is 0. The molecule has 1 aromatic carbocycles. The Morgan fingerprint density at radius 2 is 1.92 bits per heavy atom. The molecule has 3 rings (SSSR count). The first-order valence-corrected chi connectivity index (χ1v) is 9.69. The number of aryl methyl sites for hydroxylation is 1. The maximum absolute atomic E-state index is 10.4. The standard InChI is InChI=1S/C20H32N4O.HI/c1-3-21-20(22-14-19(25)17-8-6-16(2)7-9-17)24-13-10-18(15-24)23-11-4-5-12-23;/h6-9,18-19,25H,3-5,10-15H2,1-2H3,(H,21,22);1H. The molecule has 2 fully saturated rings. The summed E-state index contributed by atoms with van der Waals surface area (Å²) >= 11 is 0. The van der Waals surface area contributed by atoms with Crippen molar-refractivity contribution in [1.82, 2.24) is 15.1 Å². The summed E-state index contributed by atoms with van der Waals surface area (Å²) in [6.07, 6.45) is 3.34. The fourth-order valence-electron chi connectivity index (χ4n) is 3.83. The molecule has 2 aliphatic rings. The van der Waals surface area contributed by atoms with Crippen LogP contribution in [0.2, 0.25) is 0 Å². The SMILES string of the molecule is CCNC(=NCC(O)c1ccc(C)cc1)N1CCC(N2CCCC2)C1.I. The number of aliphatic hydroxyl groups is 1. The van der Waals surface area contributed by atoms with Gasteiger partial charge in [0.15, 0.2) is 5.96 Å². The molecule has 0 aromatic heterocycles. The van der Waals surface area contributed by atoms with Crippen LogP contribution < -0.4 is 5.32 Å². The average molecular weight is 472 g/mol. The van der Waals surface area contributed by atoms with Crippen LogP contribution in [-0.2, 0) is 0 Å². The quantitative estimate of drug-likeness (QED) is 0.393. The lowest BCUT2D eigenvalue weighted by atomic mass is 10.1. The highest BCUT2D eigenvalue weighted by molar-refractivity contribution is 14.0. The second-order valence-electron chi connectivity index (χ2n) is 7.25. The second kappa shape index (κ2) is 10.5. The summed E-state index contributed by atoms with van der Waals surface area (Å²) in [7, 11) is 0. The fourth-order valence-corrected chi connectivity index (χ4v) is 3.83. The minimum Gasteiger partial charge on any atom is -0.386 e. The van der Waals surface area contributed by atoms with Gasteiger partial charge in [-0.05, 0) is 51.8 Å². The van der Waals surface area contributed by atoms with Crippen LogP contribution in [0.15, 0.2) is 29.3 Å². The van der Waals surface area contributed by atoms with Crippen molar-refractivity contribution >= 4 is 29.9 Å². The number of hydrogen-bond donors (Lipinski definition) is 2. The summed E-state index contributed by atoms with van der Waals surface area (Å²) in [5, 5.41) is 13.8.